The van der Waals surface area contributed by atoms with Crippen molar-refractivity contribution in [2.24, 2.45) is 11.1 Å². The number of urea groups is 1. The Labute approximate surface area is 149 Å². The minimum Gasteiger partial charge on any atom is -0.388 e. The van der Waals surface area contributed by atoms with E-state index in [4.69, 9.17) is 20.2 Å². The molecule has 3 fully saturated rings. The number of hydrogen-bond donors (Lipinski definition) is 3. The van der Waals surface area contributed by atoms with Crippen LogP contribution in [-0.4, -0.2) is 52.5 Å². The van der Waals surface area contributed by atoms with Crippen molar-refractivity contribution in [1.29, 1.82) is 5.41 Å². The number of piperidine rings is 1. The summed E-state index contributed by atoms with van der Waals surface area (Å²) in [5.74, 6) is 0.618. The molecule has 2 bridgehead atoms. The van der Waals surface area contributed by atoms with Gasteiger partial charge in [-0.2, -0.15) is 13.5 Å². The lowest BCUT2D eigenvalue weighted by Crippen LogP contribution is -2.43. The van der Waals surface area contributed by atoms with Gasteiger partial charge in [-0.15, -0.1) is 4.28 Å². The van der Waals surface area contributed by atoms with Crippen LogP contribution in [-0.2, 0) is 21.1 Å². The highest BCUT2D eigenvalue weighted by molar-refractivity contribution is 7.80. The van der Waals surface area contributed by atoms with Gasteiger partial charge in [-0.25, -0.2) is 4.79 Å². The van der Waals surface area contributed by atoms with E-state index >= 15 is 0 Å². The molecule has 1 aliphatic carbocycles. The maximum Gasteiger partial charge on any atom is 0.418 e. The predicted octanol–water partition coefficient (Wildman–Crippen LogP) is 0.609. The number of amides is 2. The van der Waals surface area contributed by atoms with Crippen LogP contribution >= 0.6 is 0 Å². The molecule has 11 nitrogen and oxygen atoms in total. The van der Waals surface area contributed by atoms with Crippen LogP contribution in [0, 0.1) is 10.8 Å². The number of nitrogens with two attached hydrogens (primary N) is 1. The Bertz CT molecular complexity index is 863. The van der Waals surface area contributed by atoms with E-state index in [1.807, 2.05) is 0 Å². The van der Waals surface area contributed by atoms with Gasteiger partial charge in [0.05, 0.1) is 17.9 Å². The maximum absolute atomic E-state index is 12.6. The van der Waals surface area contributed by atoms with Crippen molar-refractivity contribution in [2.45, 2.75) is 44.2 Å². The molecular formula is C14H19N5O6S. The zero-order valence-electron chi connectivity index (χ0n) is 13.8. The predicted molar refractivity (Wildman–Crippen MR) is 86.1 cm³/mol. The molecule has 0 unspecified atom stereocenters. The molecule has 2 amide bonds. The van der Waals surface area contributed by atoms with Crippen molar-refractivity contribution < 1.29 is 26.6 Å². The summed E-state index contributed by atoms with van der Waals surface area (Å²) in [4.78, 5) is 14.1. The highest BCUT2D eigenvalue weighted by Crippen LogP contribution is 2.61. The van der Waals surface area contributed by atoms with Gasteiger partial charge in [-0.3, -0.25) is 9.96 Å². The molecule has 2 atom stereocenters. The van der Waals surface area contributed by atoms with Crippen LogP contribution in [0.1, 0.15) is 43.2 Å². The Hall–Kier alpha value is -2.18. The fourth-order valence-electron chi connectivity index (χ4n) is 3.94. The van der Waals surface area contributed by atoms with Gasteiger partial charge in [0.2, 0.25) is 0 Å². The first-order valence-electron chi connectivity index (χ1n) is 8.24. The monoisotopic (exact) mass is 385 g/mol. The molecule has 26 heavy (non-hydrogen) atoms. The van der Waals surface area contributed by atoms with Crippen molar-refractivity contribution in [3.63, 3.8) is 0 Å². The lowest BCUT2D eigenvalue weighted by atomic mass is 9.84. The summed E-state index contributed by atoms with van der Waals surface area (Å²) in [6, 6.07) is 0.349. The fourth-order valence-corrected chi connectivity index (χ4v) is 4.31. The van der Waals surface area contributed by atoms with E-state index in [0.717, 1.165) is 17.9 Å². The van der Waals surface area contributed by atoms with E-state index < -0.39 is 22.5 Å². The summed E-state index contributed by atoms with van der Waals surface area (Å²) in [5, 5.41) is 12.1. The summed E-state index contributed by atoms with van der Waals surface area (Å²) in [6.45, 7) is 0.300. The molecular weight excluding hydrogens is 366 g/mol. The average Bonchev–Trinajstić information content (AvgIpc) is 3.05. The van der Waals surface area contributed by atoms with Crippen LogP contribution in [0.3, 0.4) is 0 Å². The molecule has 1 saturated carbocycles. The number of carbonyl (C=O) groups is 1. The van der Waals surface area contributed by atoms with E-state index in [0.29, 0.717) is 37.3 Å². The number of nitrogens with zero attached hydrogens (tertiary/aromatic N) is 3. The second-order valence-electron chi connectivity index (χ2n) is 7.10. The highest BCUT2D eigenvalue weighted by atomic mass is 32.3. The van der Waals surface area contributed by atoms with E-state index in [1.165, 1.54) is 4.90 Å². The second kappa shape index (κ2) is 5.66. The third kappa shape index (κ3) is 2.93. The summed E-state index contributed by atoms with van der Waals surface area (Å²) in [5.41, 5.74) is 5.69. The number of aromatic nitrogens is 1. The highest BCUT2D eigenvalue weighted by Gasteiger charge is 2.64. The Morgan fingerprint density at radius 2 is 2.27 bits per heavy atom. The number of hydroxylamine groups is 2. The van der Waals surface area contributed by atoms with Gasteiger partial charge in [0.1, 0.15) is 11.5 Å². The normalized spacial score (nSPS) is 26.6. The molecule has 0 aromatic carbocycles. The molecule has 4 rings (SSSR count). The average molecular weight is 385 g/mol. The minimum absolute atomic E-state index is 0.0492. The summed E-state index contributed by atoms with van der Waals surface area (Å²) in [6.07, 6.45) is 3.09. The molecule has 1 aromatic heterocycles. The van der Waals surface area contributed by atoms with Crippen LogP contribution in [0.4, 0.5) is 4.79 Å². The molecule has 2 saturated heterocycles. The van der Waals surface area contributed by atoms with Gasteiger partial charge in [0.15, 0.2) is 0 Å². The van der Waals surface area contributed by atoms with Crippen molar-refractivity contribution in [2.75, 3.05) is 6.54 Å². The first kappa shape index (κ1) is 17.2. The summed E-state index contributed by atoms with van der Waals surface area (Å²) in [7, 11) is -4.78. The Morgan fingerprint density at radius 1 is 1.54 bits per heavy atom. The summed E-state index contributed by atoms with van der Waals surface area (Å²) >= 11 is 0. The van der Waals surface area contributed by atoms with E-state index in [1.54, 1.807) is 6.07 Å². The largest absolute Gasteiger partial charge is 0.418 e. The first-order chi connectivity index (χ1) is 12.2. The number of nitrogens with one attached hydrogen (secondary N) is 1. The number of amidine groups is 1. The van der Waals surface area contributed by atoms with Gasteiger partial charge >= 0.3 is 16.4 Å². The third-order valence-corrected chi connectivity index (χ3v) is 5.74. The molecule has 1 spiro atoms. The zero-order valence-corrected chi connectivity index (χ0v) is 14.6. The Balaban J connectivity index is 1.58. The number of rotatable bonds is 6. The van der Waals surface area contributed by atoms with Crippen molar-refractivity contribution in [1.82, 2.24) is 15.1 Å². The van der Waals surface area contributed by atoms with Gasteiger partial charge in [-0.05, 0) is 24.7 Å². The van der Waals surface area contributed by atoms with Crippen LogP contribution in [0.15, 0.2) is 10.6 Å². The minimum atomic E-state index is -4.78. The van der Waals surface area contributed by atoms with Gasteiger partial charge in [0.25, 0.3) is 0 Å². The van der Waals surface area contributed by atoms with Crippen LogP contribution in [0.5, 0.6) is 0 Å². The van der Waals surface area contributed by atoms with Crippen molar-refractivity contribution in [3.8, 4) is 0 Å². The Kier molecular flexibility index (Phi) is 3.75. The molecule has 3 heterocycles. The molecule has 142 valence electrons. The van der Waals surface area contributed by atoms with E-state index in [9.17, 15) is 13.2 Å². The molecule has 3 aliphatic rings. The van der Waals surface area contributed by atoms with E-state index in [-0.39, 0.29) is 17.3 Å². The number of hydrogen-bond acceptors (Lipinski definition) is 7. The smallest absolute Gasteiger partial charge is 0.388 e. The first-order valence-corrected chi connectivity index (χ1v) is 9.60. The molecule has 1 aromatic rings. The van der Waals surface area contributed by atoms with Crippen LogP contribution in [0.25, 0.3) is 0 Å². The lowest BCUT2D eigenvalue weighted by Gasteiger charge is -2.35. The quantitative estimate of drug-likeness (QED) is 0.364. The van der Waals surface area contributed by atoms with Gasteiger partial charge in [0, 0.05) is 25.5 Å². The SMILES string of the molecule is N=C(N)CCc1cc([C@@H]2CC3(CC3)[C@@H]3CN2C(=O)N3OS(=O)(=O)O)no1. The topological polar surface area (TPSA) is 163 Å². The fraction of sp³-hybridized carbons (Fsp3) is 0.643. The van der Waals surface area contributed by atoms with Gasteiger partial charge < -0.3 is 15.2 Å². The molecule has 4 N–H and O–H groups in total. The maximum atomic E-state index is 12.6. The lowest BCUT2D eigenvalue weighted by molar-refractivity contribution is -0.0527. The number of fused-ring (bicyclic) bond motifs is 3. The molecule has 2 aliphatic heterocycles. The number of aryl methyl sites for hydroxylation is 1. The van der Waals surface area contributed by atoms with E-state index in [2.05, 4.69) is 9.44 Å². The molecule has 12 heteroatoms. The molecule has 0 radical (unpaired) electrons. The third-order valence-electron chi connectivity index (χ3n) is 5.40. The van der Waals surface area contributed by atoms with Gasteiger partial charge in [-0.1, -0.05) is 5.16 Å². The zero-order chi connectivity index (χ0) is 18.7. The van der Waals surface area contributed by atoms with Crippen LogP contribution < -0.4 is 5.73 Å². The van der Waals surface area contributed by atoms with Crippen LogP contribution in [0.2, 0.25) is 0 Å². The second-order valence-corrected chi connectivity index (χ2v) is 8.11. The summed E-state index contributed by atoms with van der Waals surface area (Å²) < 4.78 is 41.0. The van der Waals surface area contributed by atoms with Crippen molar-refractivity contribution >= 4 is 22.3 Å². The van der Waals surface area contributed by atoms with Crippen molar-refractivity contribution in [3.05, 3.63) is 17.5 Å². The number of carbonyl (C=O) groups excluding carboxylic acids is 1. The standard InChI is InChI=1S/C14H19N5O6S/c15-12(16)2-1-8-5-9(17-24-8)10-6-14(3-4-14)11-7-18(10)13(20)19(11)25-26(21,22)23/h5,10-11H,1-4,6-7H2,(H3,15,16)(H,21,22,23)/t10-,11-/m0/s1. The Morgan fingerprint density at radius 3 is 2.88 bits per heavy atom.